The molecule has 2 fully saturated rings. The number of nitrogens with one attached hydrogen (secondary N) is 1. The summed E-state index contributed by atoms with van der Waals surface area (Å²) < 4.78 is 28.4. The zero-order valence-corrected chi connectivity index (χ0v) is 13.6. The predicted molar refractivity (Wildman–Crippen MR) is 83.5 cm³/mol. The lowest BCUT2D eigenvalue weighted by Gasteiger charge is -2.34. The van der Waals surface area contributed by atoms with E-state index in [2.05, 4.69) is 10.2 Å². The van der Waals surface area contributed by atoms with Crippen molar-refractivity contribution in [3.63, 3.8) is 0 Å². The molecule has 110 valence electrons. The smallest absolute Gasteiger partial charge is 0.143 e. The first kappa shape index (κ1) is 14.7. The summed E-state index contributed by atoms with van der Waals surface area (Å²) in [5, 5.41) is 3.39. The van der Waals surface area contributed by atoms with Crippen molar-refractivity contribution in [2.45, 2.75) is 25.8 Å². The molecule has 0 atom stereocenters. The van der Waals surface area contributed by atoms with Crippen LogP contribution in [0.25, 0.3) is 0 Å². The molecule has 2 aliphatic heterocycles. The van der Waals surface area contributed by atoms with E-state index in [4.69, 9.17) is 0 Å². The SMILES string of the molecule is Fc1ccc(I)c(F)c1CN1CCC2(CCNCC2)C1. The third kappa shape index (κ3) is 2.85. The van der Waals surface area contributed by atoms with Gasteiger partial charge in [-0.2, -0.15) is 0 Å². The maximum Gasteiger partial charge on any atom is 0.143 e. The number of benzene rings is 1. The van der Waals surface area contributed by atoms with Crippen molar-refractivity contribution in [2.24, 2.45) is 5.41 Å². The Kier molecular flexibility index (Phi) is 4.29. The third-order valence-electron chi connectivity index (χ3n) is 4.70. The first-order valence-electron chi connectivity index (χ1n) is 7.15. The Morgan fingerprint density at radius 3 is 2.70 bits per heavy atom. The van der Waals surface area contributed by atoms with Crippen LogP contribution in [0.5, 0.6) is 0 Å². The highest BCUT2D eigenvalue weighted by atomic mass is 127. The number of rotatable bonds is 2. The van der Waals surface area contributed by atoms with E-state index in [1.165, 1.54) is 25.0 Å². The van der Waals surface area contributed by atoms with E-state index in [9.17, 15) is 8.78 Å². The summed E-state index contributed by atoms with van der Waals surface area (Å²) >= 11 is 1.92. The molecule has 0 amide bonds. The summed E-state index contributed by atoms with van der Waals surface area (Å²) in [6.45, 7) is 4.45. The lowest BCUT2D eigenvalue weighted by Crippen LogP contribution is -2.38. The van der Waals surface area contributed by atoms with Gasteiger partial charge in [0.05, 0.1) is 0 Å². The van der Waals surface area contributed by atoms with Crippen molar-refractivity contribution in [1.82, 2.24) is 10.2 Å². The molecule has 2 heterocycles. The molecular formula is C15H19F2IN2. The van der Waals surface area contributed by atoms with Crippen LogP contribution in [-0.2, 0) is 6.54 Å². The highest BCUT2D eigenvalue weighted by Gasteiger charge is 2.39. The van der Waals surface area contributed by atoms with E-state index in [0.717, 1.165) is 32.6 Å². The topological polar surface area (TPSA) is 15.3 Å². The van der Waals surface area contributed by atoms with Gasteiger partial charge in [0, 0.05) is 22.2 Å². The summed E-state index contributed by atoms with van der Waals surface area (Å²) in [5.74, 6) is -0.814. The van der Waals surface area contributed by atoms with E-state index < -0.39 is 11.6 Å². The maximum absolute atomic E-state index is 14.1. The summed E-state index contributed by atoms with van der Waals surface area (Å²) in [5.41, 5.74) is 0.600. The van der Waals surface area contributed by atoms with E-state index in [-0.39, 0.29) is 5.56 Å². The number of hydrogen-bond acceptors (Lipinski definition) is 2. The van der Waals surface area contributed by atoms with Crippen molar-refractivity contribution in [3.05, 3.63) is 32.9 Å². The van der Waals surface area contributed by atoms with Crippen LogP contribution in [0, 0.1) is 20.6 Å². The lowest BCUT2D eigenvalue weighted by atomic mass is 9.78. The molecule has 5 heteroatoms. The van der Waals surface area contributed by atoms with Gasteiger partial charge in [-0.25, -0.2) is 8.78 Å². The van der Waals surface area contributed by atoms with Crippen LogP contribution in [0.15, 0.2) is 12.1 Å². The van der Waals surface area contributed by atoms with E-state index in [0.29, 0.717) is 15.5 Å². The molecule has 0 aromatic heterocycles. The molecule has 1 aromatic rings. The minimum Gasteiger partial charge on any atom is -0.317 e. The number of halogens is 3. The molecule has 0 bridgehead atoms. The zero-order chi connectivity index (χ0) is 14.2. The molecule has 0 saturated carbocycles. The summed E-state index contributed by atoms with van der Waals surface area (Å²) in [4.78, 5) is 2.21. The summed E-state index contributed by atoms with van der Waals surface area (Å²) in [6.07, 6.45) is 3.52. The van der Waals surface area contributed by atoms with Gasteiger partial charge in [0.1, 0.15) is 11.6 Å². The quantitative estimate of drug-likeness (QED) is 0.615. The number of nitrogens with zero attached hydrogens (tertiary/aromatic N) is 1. The van der Waals surface area contributed by atoms with Crippen LogP contribution in [-0.4, -0.2) is 31.1 Å². The van der Waals surface area contributed by atoms with Crippen LogP contribution in [0.4, 0.5) is 8.78 Å². The van der Waals surface area contributed by atoms with Crippen LogP contribution in [0.3, 0.4) is 0 Å². The van der Waals surface area contributed by atoms with Gasteiger partial charge in [0.2, 0.25) is 0 Å². The second-order valence-electron chi connectivity index (χ2n) is 6.03. The molecule has 1 N–H and O–H groups in total. The molecule has 2 saturated heterocycles. The zero-order valence-electron chi connectivity index (χ0n) is 11.4. The average molecular weight is 392 g/mol. The van der Waals surface area contributed by atoms with Gasteiger partial charge >= 0.3 is 0 Å². The predicted octanol–water partition coefficient (Wildman–Crippen LogP) is 3.14. The summed E-state index contributed by atoms with van der Waals surface area (Å²) in [7, 11) is 0. The Balaban J connectivity index is 1.72. The molecule has 1 aromatic carbocycles. The minimum absolute atomic E-state index is 0.225. The van der Waals surface area contributed by atoms with Gasteiger partial charge in [0.25, 0.3) is 0 Å². The molecule has 2 aliphatic rings. The van der Waals surface area contributed by atoms with Gasteiger partial charge < -0.3 is 5.32 Å². The number of likely N-dealkylation sites (tertiary alicyclic amines) is 1. The molecular weight excluding hydrogens is 373 g/mol. The van der Waals surface area contributed by atoms with Crippen molar-refractivity contribution >= 4 is 22.6 Å². The minimum atomic E-state index is -0.422. The van der Waals surface area contributed by atoms with Crippen molar-refractivity contribution in [3.8, 4) is 0 Å². The fourth-order valence-corrected chi connectivity index (χ4v) is 3.97. The van der Waals surface area contributed by atoms with E-state index in [1.54, 1.807) is 0 Å². The normalized spacial score (nSPS) is 22.6. The Morgan fingerprint density at radius 2 is 1.95 bits per heavy atom. The molecule has 2 nitrogen and oxygen atoms in total. The Morgan fingerprint density at radius 1 is 1.20 bits per heavy atom. The molecule has 0 unspecified atom stereocenters. The lowest BCUT2D eigenvalue weighted by molar-refractivity contribution is 0.192. The largest absolute Gasteiger partial charge is 0.317 e. The standard InChI is InChI=1S/C15H19F2IN2/c16-12-1-2-13(18)14(17)11(12)9-20-8-5-15(10-20)3-6-19-7-4-15/h1-2,19H,3-10H2. The highest BCUT2D eigenvalue weighted by molar-refractivity contribution is 14.1. The first-order chi connectivity index (χ1) is 9.60. The van der Waals surface area contributed by atoms with Gasteiger partial charge in [0.15, 0.2) is 0 Å². The van der Waals surface area contributed by atoms with Gasteiger partial charge in [-0.3, -0.25) is 4.90 Å². The second kappa shape index (κ2) is 5.85. The van der Waals surface area contributed by atoms with Crippen LogP contribution >= 0.6 is 22.6 Å². The van der Waals surface area contributed by atoms with Crippen LogP contribution < -0.4 is 5.32 Å². The third-order valence-corrected chi connectivity index (χ3v) is 5.54. The first-order valence-corrected chi connectivity index (χ1v) is 8.23. The van der Waals surface area contributed by atoms with Crippen molar-refractivity contribution in [2.75, 3.05) is 26.2 Å². The van der Waals surface area contributed by atoms with Gasteiger partial charge in [-0.15, -0.1) is 0 Å². The van der Waals surface area contributed by atoms with Crippen LogP contribution in [0.1, 0.15) is 24.8 Å². The van der Waals surface area contributed by atoms with Gasteiger partial charge in [-0.1, -0.05) is 0 Å². The van der Waals surface area contributed by atoms with Crippen LogP contribution in [0.2, 0.25) is 0 Å². The molecule has 3 rings (SSSR count). The average Bonchev–Trinajstić information content (AvgIpc) is 2.83. The molecule has 0 radical (unpaired) electrons. The molecule has 20 heavy (non-hydrogen) atoms. The van der Waals surface area contributed by atoms with Crippen molar-refractivity contribution < 1.29 is 8.78 Å². The molecule has 1 spiro atoms. The highest BCUT2D eigenvalue weighted by Crippen LogP contribution is 2.39. The van der Waals surface area contributed by atoms with E-state index in [1.807, 2.05) is 22.6 Å². The molecule has 0 aliphatic carbocycles. The Bertz CT molecular complexity index is 501. The Labute approximate surface area is 132 Å². The second-order valence-corrected chi connectivity index (χ2v) is 7.19. The number of piperidine rings is 1. The Hall–Kier alpha value is -0.270. The van der Waals surface area contributed by atoms with Gasteiger partial charge in [-0.05, 0) is 79.0 Å². The maximum atomic E-state index is 14.1. The van der Waals surface area contributed by atoms with E-state index >= 15 is 0 Å². The monoisotopic (exact) mass is 392 g/mol. The fraction of sp³-hybridized carbons (Fsp3) is 0.600. The number of hydrogen-bond donors (Lipinski definition) is 1. The fourth-order valence-electron chi connectivity index (χ4n) is 3.47. The summed E-state index contributed by atoms with van der Waals surface area (Å²) in [6, 6.07) is 2.86. The van der Waals surface area contributed by atoms with Crippen molar-refractivity contribution in [1.29, 1.82) is 0 Å².